The maximum absolute atomic E-state index is 7.13. The maximum Gasteiger partial charge on any atom is 0.178 e. The Hall–Kier alpha value is -4.50. The molecule has 0 spiro atoms. The molecular formula is C35H30N2O. The van der Waals surface area contributed by atoms with Crippen molar-refractivity contribution in [2.24, 2.45) is 0 Å². The number of hydrogen-bond donors (Lipinski definition) is 1. The van der Waals surface area contributed by atoms with Crippen molar-refractivity contribution < 1.29 is 4.74 Å². The van der Waals surface area contributed by atoms with Crippen molar-refractivity contribution in [3.05, 3.63) is 132 Å². The van der Waals surface area contributed by atoms with Crippen LogP contribution in [0.25, 0.3) is 28.0 Å². The van der Waals surface area contributed by atoms with Crippen LogP contribution in [0.3, 0.4) is 0 Å². The second-order valence-corrected chi connectivity index (χ2v) is 10.3. The van der Waals surface area contributed by atoms with Crippen LogP contribution in [-0.4, -0.2) is 13.1 Å². The van der Waals surface area contributed by atoms with Gasteiger partial charge in [0.1, 0.15) is 5.75 Å². The van der Waals surface area contributed by atoms with Crippen molar-refractivity contribution in [3.8, 4) is 16.9 Å². The predicted molar refractivity (Wildman–Crippen MR) is 159 cm³/mol. The van der Waals surface area contributed by atoms with E-state index < -0.39 is 5.60 Å². The third-order valence-corrected chi connectivity index (χ3v) is 8.00. The highest BCUT2D eigenvalue weighted by Gasteiger charge is 2.37. The van der Waals surface area contributed by atoms with E-state index in [0.717, 1.165) is 52.3 Å². The highest BCUT2D eigenvalue weighted by atomic mass is 16.5. The minimum absolute atomic E-state index is 0.724. The number of nitrogens with zero attached hydrogens (tertiary/aromatic N) is 1. The Morgan fingerprint density at radius 1 is 0.684 bits per heavy atom. The third kappa shape index (κ3) is 3.74. The van der Waals surface area contributed by atoms with E-state index >= 15 is 0 Å². The van der Waals surface area contributed by atoms with Gasteiger partial charge in [-0.3, -0.25) is 0 Å². The van der Waals surface area contributed by atoms with Crippen LogP contribution >= 0.6 is 0 Å². The van der Waals surface area contributed by atoms with Crippen molar-refractivity contribution in [1.29, 1.82) is 0 Å². The molecule has 0 radical (unpaired) electrons. The van der Waals surface area contributed by atoms with Gasteiger partial charge in [0.2, 0.25) is 0 Å². The van der Waals surface area contributed by atoms with E-state index in [1.807, 2.05) is 12.1 Å². The fourth-order valence-corrected chi connectivity index (χ4v) is 6.00. The van der Waals surface area contributed by atoms with Crippen LogP contribution in [0.4, 0.5) is 11.4 Å². The van der Waals surface area contributed by atoms with Crippen molar-refractivity contribution >= 4 is 28.2 Å². The van der Waals surface area contributed by atoms with Crippen LogP contribution in [0.5, 0.6) is 5.75 Å². The van der Waals surface area contributed by atoms with Crippen LogP contribution in [0.1, 0.15) is 29.5 Å². The summed E-state index contributed by atoms with van der Waals surface area (Å²) in [6, 6.07) is 38.4. The monoisotopic (exact) mass is 494 g/mol. The van der Waals surface area contributed by atoms with E-state index in [9.17, 15) is 0 Å². The molecule has 5 aromatic carbocycles. The summed E-state index contributed by atoms with van der Waals surface area (Å²) in [4.78, 5) is 2.47. The lowest BCUT2D eigenvalue weighted by Gasteiger charge is -2.37. The Morgan fingerprint density at radius 2 is 1.34 bits per heavy atom. The van der Waals surface area contributed by atoms with Crippen molar-refractivity contribution in [1.82, 2.24) is 0 Å². The first-order valence-electron chi connectivity index (χ1n) is 13.4. The molecule has 0 saturated carbocycles. The van der Waals surface area contributed by atoms with Crippen LogP contribution in [0.2, 0.25) is 0 Å². The number of fused-ring (bicyclic) bond motifs is 3. The summed E-state index contributed by atoms with van der Waals surface area (Å²) in [5.41, 5.74) is 12.9. The van der Waals surface area contributed by atoms with Crippen LogP contribution in [0.15, 0.2) is 115 Å². The molecule has 3 nitrogen and oxygen atoms in total. The summed E-state index contributed by atoms with van der Waals surface area (Å²) >= 11 is 0. The molecule has 0 bridgehead atoms. The predicted octanol–water partition coefficient (Wildman–Crippen LogP) is 8.04. The van der Waals surface area contributed by atoms with Gasteiger partial charge >= 0.3 is 0 Å². The lowest BCUT2D eigenvalue weighted by atomic mass is 9.82. The molecule has 38 heavy (non-hydrogen) atoms. The number of benzene rings is 5. The normalized spacial score (nSPS) is 18.4. The fraction of sp³-hybridized carbons (Fsp3) is 0.143. The van der Waals surface area contributed by atoms with Gasteiger partial charge in [-0.25, -0.2) is 0 Å². The van der Waals surface area contributed by atoms with E-state index in [0.29, 0.717) is 0 Å². The Kier molecular flexibility index (Phi) is 5.44. The standard InChI is InChI=1S/C35H30N2O/c36-28-16-12-25(13-17-28)33-24-34-32(30-10-4-5-11-31(30)33)20-21-35(38-34,26-8-2-1-3-9-26)27-14-18-29(19-15-27)37-22-6-7-23-37/h1-5,8-21,24H,6-7,22-23,36H2. The summed E-state index contributed by atoms with van der Waals surface area (Å²) < 4.78 is 7.13. The summed E-state index contributed by atoms with van der Waals surface area (Å²) in [5, 5.41) is 2.38. The van der Waals surface area contributed by atoms with Crippen LogP contribution in [-0.2, 0) is 5.60 Å². The first kappa shape index (κ1) is 22.7. The summed E-state index contributed by atoms with van der Waals surface area (Å²) in [5.74, 6) is 0.880. The lowest BCUT2D eigenvalue weighted by molar-refractivity contribution is 0.161. The van der Waals surface area contributed by atoms with E-state index in [2.05, 4.69) is 114 Å². The second kappa shape index (κ2) is 9.11. The number of ether oxygens (including phenoxy) is 1. The molecule has 0 amide bonds. The largest absolute Gasteiger partial charge is 0.473 e. The van der Waals surface area contributed by atoms with Gasteiger partial charge in [0, 0.05) is 41.2 Å². The highest BCUT2D eigenvalue weighted by molar-refractivity contribution is 6.03. The summed E-state index contributed by atoms with van der Waals surface area (Å²) in [6.45, 7) is 2.27. The Labute approximate surface area is 223 Å². The fourth-order valence-electron chi connectivity index (χ4n) is 6.00. The molecule has 1 unspecified atom stereocenters. The van der Waals surface area contributed by atoms with Gasteiger partial charge in [0.15, 0.2) is 5.60 Å². The highest BCUT2D eigenvalue weighted by Crippen LogP contribution is 2.47. The smallest absolute Gasteiger partial charge is 0.178 e. The number of nitrogens with two attached hydrogens (primary N) is 1. The zero-order chi connectivity index (χ0) is 25.5. The topological polar surface area (TPSA) is 38.5 Å². The number of rotatable bonds is 4. The van der Waals surface area contributed by atoms with E-state index in [-0.39, 0.29) is 0 Å². The molecule has 2 N–H and O–H groups in total. The van der Waals surface area contributed by atoms with E-state index in [1.54, 1.807) is 0 Å². The molecule has 2 heterocycles. The van der Waals surface area contributed by atoms with Gasteiger partial charge in [0.25, 0.3) is 0 Å². The first-order chi connectivity index (χ1) is 18.7. The molecule has 0 aliphatic carbocycles. The van der Waals surface area contributed by atoms with Gasteiger partial charge < -0.3 is 15.4 Å². The molecule has 0 aromatic heterocycles. The van der Waals surface area contributed by atoms with Crippen molar-refractivity contribution in [3.63, 3.8) is 0 Å². The third-order valence-electron chi connectivity index (χ3n) is 8.00. The van der Waals surface area contributed by atoms with Gasteiger partial charge in [-0.1, -0.05) is 78.9 Å². The Balaban J connectivity index is 1.40. The number of nitrogen functional groups attached to an aromatic ring is 1. The van der Waals surface area contributed by atoms with Gasteiger partial charge in [-0.15, -0.1) is 0 Å². The Morgan fingerprint density at radius 3 is 2.08 bits per heavy atom. The van der Waals surface area contributed by atoms with Gasteiger partial charge in [-0.2, -0.15) is 0 Å². The lowest BCUT2D eigenvalue weighted by Crippen LogP contribution is -2.34. The molecule has 2 aliphatic heterocycles. The van der Waals surface area contributed by atoms with Crippen LogP contribution < -0.4 is 15.4 Å². The quantitative estimate of drug-likeness (QED) is 0.257. The first-order valence-corrected chi connectivity index (χ1v) is 13.4. The van der Waals surface area contributed by atoms with E-state index in [4.69, 9.17) is 10.5 Å². The molecule has 5 aromatic rings. The van der Waals surface area contributed by atoms with Crippen molar-refractivity contribution in [2.75, 3.05) is 23.7 Å². The average Bonchev–Trinajstić information content (AvgIpc) is 3.53. The molecule has 3 heteroatoms. The number of anilines is 2. The minimum atomic E-state index is -0.724. The Bertz CT molecular complexity index is 1630. The number of hydrogen-bond acceptors (Lipinski definition) is 3. The molecular weight excluding hydrogens is 464 g/mol. The molecule has 1 fully saturated rings. The second-order valence-electron chi connectivity index (χ2n) is 10.3. The SMILES string of the molecule is Nc1ccc(-c2cc3c(c4ccccc24)C=CC(c2ccccc2)(c2ccc(N4CCCC4)cc2)O3)cc1. The molecule has 1 saturated heterocycles. The summed E-state index contributed by atoms with van der Waals surface area (Å²) in [7, 11) is 0. The molecule has 186 valence electrons. The zero-order valence-corrected chi connectivity index (χ0v) is 21.3. The minimum Gasteiger partial charge on any atom is -0.473 e. The average molecular weight is 495 g/mol. The molecule has 1 atom stereocenters. The summed E-state index contributed by atoms with van der Waals surface area (Å²) in [6.07, 6.45) is 7.01. The van der Waals surface area contributed by atoms with Crippen molar-refractivity contribution in [2.45, 2.75) is 18.4 Å². The maximum atomic E-state index is 7.13. The van der Waals surface area contributed by atoms with Gasteiger partial charge in [-0.05, 0) is 77.2 Å². The molecule has 7 rings (SSSR count). The van der Waals surface area contributed by atoms with E-state index in [1.165, 1.54) is 29.3 Å². The molecule has 2 aliphatic rings. The van der Waals surface area contributed by atoms with Crippen LogP contribution in [0, 0.1) is 0 Å². The zero-order valence-electron chi connectivity index (χ0n) is 21.3. The van der Waals surface area contributed by atoms with Gasteiger partial charge in [0.05, 0.1) is 0 Å².